The van der Waals surface area contributed by atoms with E-state index in [1.165, 1.54) is 0 Å². The Morgan fingerprint density at radius 2 is 1.91 bits per heavy atom. The average Bonchev–Trinajstić information content (AvgIpc) is 2.96. The summed E-state index contributed by atoms with van der Waals surface area (Å²) in [5, 5.41) is 1.55. The van der Waals surface area contributed by atoms with Gasteiger partial charge in [0.05, 0.1) is 10.0 Å². The number of carbonyl (C=O) groups excluding carboxylic acids is 1. The number of amides is 1. The predicted molar refractivity (Wildman–Crippen MR) is 89.2 cm³/mol. The third-order valence-corrected chi connectivity index (χ3v) is 5.08. The largest absolute Gasteiger partial charge is 0.368 e. The van der Waals surface area contributed by atoms with Crippen LogP contribution in [-0.4, -0.2) is 46.3 Å². The quantitative estimate of drug-likeness (QED) is 0.829. The second kappa shape index (κ2) is 6.40. The molecule has 1 fully saturated rings. The molecule has 1 aliphatic rings. The van der Waals surface area contributed by atoms with Gasteiger partial charge < -0.3 is 9.80 Å². The highest BCUT2D eigenvalue weighted by atomic mass is 35.5. The van der Waals surface area contributed by atoms with Gasteiger partial charge in [0.15, 0.2) is 0 Å². The summed E-state index contributed by atoms with van der Waals surface area (Å²) in [7, 11) is 0. The molecule has 0 saturated carbocycles. The van der Waals surface area contributed by atoms with Crippen LogP contribution in [0.4, 0.5) is 5.69 Å². The molecule has 1 aromatic heterocycles. The van der Waals surface area contributed by atoms with Crippen molar-refractivity contribution in [2.24, 2.45) is 0 Å². The van der Waals surface area contributed by atoms with Crippen LogP contribution < -0.4 is 4.90 Å². The molecule has 22 heavy (non-hydrogen) atoms. The number of nitrogens with zero attached hydrogens (tertiary/aromatic N) is 4. The van der Waals surface area contributed by atoms with Crippen molar-refractivity contribution in [3.05, 3.63) is 39.1 Å². The third-order valence-electron chi connectivity index (χ3n) is 3.55. The van der Waals surface area contributed by atoms with Crippen LogP contribution in [0.1, 0.15) is 15.6 Å². The lowest BCUT2D eigenvalue weighted by molar-refractivity contribution is 0.0746. The van der Waals surface area contributed by atoms with Gasteiger partial charge in [-0.1, -0.05) is 23.2 Å². The molecule has 1 aromatic carbocycles. The van der Waals surface area contributed by atoms with Crippen molar-refractivity contribution in [1.29, 1.82) is 0 Å². The van der Waals surface area contributed by atoms with Gasteiger partial charge in [-0.05, 0) is 36.7 Å². The van der Waals surface area contributed by atoms with E-state index in [1.807, 2.05) is 17.0 Å². The highest BCUT2D eigenvalue weighted by Crippen LogP contribution is 2.27. The van der Waals surface area contributed by atoms with Crippen molar-refractivity contribution in [1.82, 2.24) is 14.3 Å². The smallest absolute Gasteiger partial charge is 0.284 e. The number of hydrogen-bond acceptors (Lipinski definition) is 5. The molecule has 0 radical (unpaired) electrons. The molecule has 1 aliphatic heterocycles. The van der Waals surface area contributed by atoms with E-state index in [9.17, 15) is 4.79 Å². The zero-order valence-electron chi connectivity index (χ0n) is 11.9. The van der Waals surface area contributed by atoms with Gasteiger partial charge >= 0.3 is 0 Å². The van der Waals surface area contributed by atoms with E-state index in [4.69, 9.17) is 23.2 Å². The fourth-order valence-corrected chi connectivity index (χ4v) is 3.30. The van der Waals surface area contributed by atoms with Crippen LogP contribution in [0, 0.1) is 6.92 Å². The van der Waals surface area contributed by atoms with Gasteiger partial charge in [-0.25, -0.2) is 4.98 Å². The molecular weight excluding hydrogens is 343 g/mol. The van der Waals surface area contributed by atoms with Crippen molar-refractivity contribution in [3.8, 4) is 0 Å². The van der Waals surface area contributed by atoms with Crippen molar-refractivity contribution in [2.75, 3.05) is 31.1 Å². The Hall–Kier alpha value is -1.37. The zero-order valence-corrected chi connectivity index (χ0v) is 14.3. The minimum Gasteiger partial charge on any atom is -0.368 e. The van der Waals surface area contributed by atoms with Crippen molar-refractivity contribution in [3.63, 3.8) is 0 Å². The van der Waals surface area contributed by atoms with E-state index in [1.54, 1.807) is 13.0 Å². The molecular formula is C14H14Cl2N4OS. The topological polar surface area (TPSA) is 49.3 Å². The molecule has 5 nitrogen and oxygen atoms in total. The number of anilines is 1. The molecule has 2 heterocycles. The SMILES string of the molecule is Cc1nsc(C(=O)N2CCN(c3ccc(Cl)c(Cl)c3)CC2)n1. The number of piperazine rings is 1. The van der Waals surface area contributed by atoms with E-state index in [0.29, 0.717) is 34.0 Å². The van der Waals surface area contributed by atoms with Crippen LogP contribution in [0.25, 0.3) is 0 Å². The minimum atomic E-state index is -0.0422. The van der Waals surface area contributed by atoms with Gasteiger partial charge in [0.1, 0.15) is 5.82 Å². The van der Waals surface area contributed by atoms with Gasteiger partial charge in [0, 0.05) is 31.9 Å². The number of aromatic nitrogens is 2. The summed E-state index contributed by atoms with van der Waals surface area (Å²) >= 11 is 13.2. The van der Waals surface area contributed by atoms with E-state index >= 15 is 0 Å². The summed E-state index contributed by atoms with van der Waals surface area (Å²) in [6.07, 6.45) is 0. The van der Waals surface area contributed by atoms with E-state index in [2.05, 4.69) is 14.3 Å². The van der Waals surface area contributed by atoms with Crippen LogP contribution in [0.15, 0.2) is 18.2 Å². The molecule has 2 aromatic rings. The van der Waals surface area contributed by atoms with Gasteiger partial charge in [0.2, 0.25) is 5.01 Å². The summed E-state index contributed by atoms with van der Waals surface area (Å²) in [5.41, 5.74) is 1.02. The molecule has 0 aliphatic carbocycles. The summed E-state index contributed by atoms with van der Waals surface area (Å²) in [6, 6.07) is 5.59. The van der Waals surface area contributed by atoms with Crippen LogP contribution >= 0.6 is 34.7 Å². The standard InChI is InChI=1S/C14H14Cl2N4OS/c1-9-17-13(22-18-9)14(21)20-6-4-19(5-7-20)10-2-3-11(15)12(16)8-10/h2-3,8H,4-7H2,1H3. The van der Waals surface area contributed by atoms with Crippen LogP contribution in [0.3, 0.4) is 0 Å². The molecule has 0 atom stereocenters. The van der Waals surface area contributed by atoms with Crippen molar-refractivity contribution >= 4 is 46.3 Å². The molecule has 0 bridgehead atoms. The summed E-state index contributed by atoms with van der Waals surface area (Å²) in [5.74, 6) is 0.599. The fourth-order valence-electron chi connectivity index (χ4n) is 2.37. The first-order valence-corrected chi connectivity index (χ1v) is 8.37. The van der Waals surface area contributed by atoms with E-state index < -0.39 is 0 Å². The first-order chi connectivity index (χ1) is 10.5. The van der Waals surface area contributed by atoms with Crippen LogP contribution in [0.2, 0.25) is 10.0 Å². The predicted octanol–water partition coefficient (Wildman–Crippen LogP) is 3.12. The maximum Gasteiger partial charge on any atom is 0.284 e. The van der Waals surface area contributed by atoms with Gasteiger partial charge in [-0.15, -0.1) is 0 Å². The molecule has 1 saturated heterocycles. The third kappa shape index (κ3) is 3.19. The lowest BCUT2D eigenvalue weighted by Gasteiger charge is -2.35. The zero-order chi connectivity index (χ0) is 15.7. The molecule has 1 amide bonds. The number of rotatable bonds is 2. The minimum absolute atomic E-state index is 0.0422. The lowest BCUT2D eigenvalue weighted by Crippen LogP contribution is -2.48. The Bertz CT molecular complexity index is 698. The highest BCUT2D eigenvalue weighted by Gasteiger charge is 2.24. The second-order valence-electron chi connectivity index (χ2n) is 5.02. The number of halogens is 2. The summed E-state index contributed by atoms with van der Waals surface area (Å²) in [4.78, 5) is 20.5. The number of hydrogen-bond donors (Lipinski definition) is 0. The van der Waals surface area contributed by atoms with E-state index in [0.717, 1.165) is 30.3 Å². The highest BCUT2D eigenvalue weighted by molar-refractivity contribution is 7.07. The first-order valence-electron chi connectivity index (χ1n) is 6.84. The number of carbonyl (C=O) groups is 1. The van der Waals surface area contributed by atoms with Gasteiger partial charge in [-0.3, -0.25) is 4.79 Å². The van der Waals surface area contributed by atoms with Crippen LogP contribution in [0.5, 0.6) is 0 Å². The number of benzene rings is 1. The van der Waals surface area contributed by atoms with E-state index in [-0.39, 0.29) is 5.91 Å². The Morgan fingerprint density at radius 1 is 1.18 bits per heavy atom. The molecule has 8 heteroatoms. The average molecular weight is 357 g/mol. The van der Waals surface area contributed by atoms with Gasteiger partial charge in [-0.2, -0.15) is 4.37 Å². The maximum absolute atomic E-state index is 12.3. The van der Waals surface area contributed by atoms with Crippen LogP contribution in [-0.2, 0) is 0 Å². The Labute approximate surface area is 142 Å². The van der Waals surface area contributed by atoms with Gasteiger partial charge in [0.25, 0.3) is 5.91 Å². The monoisotopic (exact) mass is 356 g/mol. The molecule has 116 valence electrons. The normalized spacial score (nSPS) is 15.2. The summed E-state index contributed by atoms with van der Waals surface area (Å²) in [6.45, 7) is 4.59. The Morgan fingerprint density at radius 3 is 2.50 bits per heavy atom. The Kier molecular flexibility index (Phi) is 4.52. The Balaban J connectivity index is 1.64. The molecule has 3 rings (SSSR count). The van der Waals surface area contributed by atoms with Crippen molar-refractivity contribution in [2.45, 2.75) is 6.92 Å². The molecule has 0 unspecified atom stereocenters. The molecule has 0 spiro atoms. The summed E-state index contributed by atoms with van der Waals surface area (Å²) < 4.78 is 4.06. The fraction of sp³-hybridized carbons (Fsp3) is 0.357. The number of aryl methyl sites for hydroxylation is 1. The van der Waals surface area contributed by atoms with Crippen molar-refractivity contribution < 1.29 is 4.79 Å². The maximum atomic E-state index is 12.3. The molecule has 0 N–H and O–H groups in total. The lowest BCUT2D eigenvalue weighted by atomic mass is 10.2. The first kappa shape index (κ1) is 15.5. The second-order valence-corrected chi connectivity index (χ2v) is 6.59.